The van der Waals surface area contributed by atoms with Gasteiger partial charge in [0.25, 0.3) is 0 Å². The quantitative estimate of drug-likeness (QED) is 0.783. The third-order valence-electron chi connectivity index (χ3n) is 3.28. The molecule has 2 heterocycles. The summed E-state index contributed by atoms with van der Waals surface area (Å²) in [4.78, 5) is 18.4. The Morgan fingerprint density at radius 1 is 1.53 bits per heavy atom. The minimum absolute atomic E-state index is 0.0110. The van der Waals surface area contributed by atoms with Crippen LogP contribution in [0.5, 0.6) is 0 Å². The lowest BCUT2D eigenvalue weighted by Crippen LogP contribution is -2.35. The van der Waals surface area contributed by atoms with E-state index in [0.717, 1.165) is 18.1 Å². The van der Waals surface area contributed by atoms with Crippen LogP contribution in [-0.4, -0.2) is 35.5 Å². The van der Waals surface area contributed by atoms with Crippen LogP contribution in [0.2, 0.25) is 4.34 Å². The van der Waals surface area contributed by atoms with Crippen molar-refractivity contribution in [3.63, 3.8) is 0 Å². The Kier molecular flexibility index (Phi) is 5.60. The molecule has 1 aromatic rings. The Bertz CT molecular complexity index is 419. The third kappa shape index (κ3) is 4.16. The Morgan fingerprint density at radius 3 is 2.84 bits per heavy atom. The van der Waals surface area contributed by atoms with Crippen LogP contribution < -0.4 is 0 Å². The number of piperidine rings is 1. The molecular formula is C13H19ClN2O2S. The highest BCUT2D eigenvalue weighted by atomic mass is 35.5. The number of hydrogen-bond acceptors (Lipinski definition) is 5. The number of carbonyl (C=O) groups is 1. The number of esters is 1. The van der Waals surface area contributed by atoms with Crippen LogP contribution in [0.15, 0.2) is 6.20 Å². The number of carbonyl (C=O) groups excluding carboxylic acids is 1. The Hall–Kier alpha value is -0.650. The van der Waals surface area contributed by atoms with E-state index in [0.29, 0.717) is 17.4 Å². The predicted molar refractivity (Wildman–Crippen MR) is 76.5 cm³/mol. The molecule has 1 fully saturated rings. The first-order valence-electron chi connectivity index (χ1n) is 6.71. The molecule has 1 aliphatic rings. The monoisotopic (exact) mass is 302 g/mol. The molecule has 0 saturated carbocycles. The van der Waals surface area contributed by atoms with Crippen LogP contribution in [0, 0.1) is 0 Å². The van der Waals surface area contributed by atoms with Gasteiger partial charge in [0.15, 0.2) is 0 Å². The third-order valence-corrected chi connectivity index (χ3v) is 4.49. The van der Waals surface area contributed by atoms with Crippen molar-refractivity contribution in [1.29, 1.82) is 0 Å². The first-order valence-corrected chi connectivity index (χ1v) is 7.91. The summed E-state index contributed by atoms with van der Waals surface area (Å²) in [7, 11) is 0. The maximum absolute atomic E-state index is 11.8. The number of halogens is 1. The number of rotatable bonds is 5. The maximum Gasteiger partial charge on any atom is 0.307 e. The molecule has 106 valence electrons. The van der Waals surface area contributed by atoms with Gasteiger partial charge >= 0.3 is 5.97 Å². The molecule has 0 amide bonds. The summed E-state index contributed by atoms with van der Waals surface area (Å²) in [6.07, 6.45) is 5.64. The van der Waals surface area contributed by atoms with Gasteiger partial charge in [-0.05, 0) is 32.9 Å². The molecule has 6 heteroatoms. The summed E-state index contributed by atoms with van der Waals surface area (Å²) in [5.41, 5.74) is 0. The van der Waals surface area contributed by atoms with Crippen molar-refractivity contribution >= 4 is 28.9 Å². The smallest absolute Gasteiger partial charge is 0.307 e. The number of nitrogens with zero attached hydrogens (tertiary/aromatic N) is 2. The maximum atomic E-state index is 11.8. The molecule has 2 rings (SSSR count). The fraction of sp³-hybridized carbons (Fsp3) is 0.692. The van der Waals surface area contributed by atoms with Crippen molar-refractivity contribution in [2.24, 2.45) is 0 Å². The second kappa shape index (κ2) is 7.22. The van der Waals surface area contributed by atoms with Crippen LogP contribution in [0.1, 0.15) is 43.7 Å². The molecule has 0 N–H and O–H groups in total. The van der Waals surface area contributed by atoms with Crippen LogP contribution in [0.3, 0.4) is 0 Å². The average Bonchev–Trinajstić information content (AvgIpc) is 2.84. The molecule has 1 aliphatic heterocycles. The second-order valence-corrected chi connectivity index (χ2v) is 6.32. The summed E-state index contributed by atoms with van der Waals surface area (Å²) >= 11 is 7.42. The van der Waals surface area contributed by atoms with Crippen molar-refractivity contribution in [3.05, 3.63) is 15.5 Å². The molecule has 0 aliphatic carbocycles. The van der Waals surface area contributed by atoms with E-state index in [4.69, 9.17) is 16.3 Å². The van der Waals surface area contributed by atoms with E-state index in [1.54, 1.807) is 6.20 Å². The molecule has 0 aromatic carbocycles. The standard InChI is InChI=1S/C13H19ClN2O2S/c1-2-18-12(17)8-10(13-15-9-11(14)19-13)16-6-4-3-5-7-16/h9-10H,2-8H2,1H3. The van der Waals surface area contributed by atoms with Crippen molar-refractivity contribution in [2.45, 2.75) is 38.6 Å². The summed E-state index contributed by atoms with van der Waals surface area (Å²) < 4.78 is 5.74. The van der Waals surface area contributed by atoms with Gasteiger partial charge in [-0.25, -0.2) is 4.98 Å². The summed E-state index contributed by atoms with van der Waals surface area (Å²) in [6, 6.07) is 0.0110. The van der Waals surface area contributed by atoms with Crippen molar-refractivity contribution in [2.75, 3.05) is 19.7 Å². The Morgan fingerprint density at radius 2 is 2.26 bits per heavy atom. The van der Waals surface area contributed by atoms with Gasteiger partial charge in [0.2, 0.25) is 0 Å². The van der Waals surface area contributed by atoms with Crippen LogP contribution in [-0.2, 0) is 9.53 Å². The molecule has 1 atom stereocenters. The highest BCUT2D eigenvalue weighted by Crippen LogP contribution is 2.32. The minimum atomic E-state index is -0.163. The fourth-order valence-corrected chi connectivity index (χ4v) is 3.47. The van der Waals surface area contributed by atoms with Gasteiger partial charge < -0.3 is 4.74 Å². The highest BCUT2D eigenvalue weighted by Gasteiger charge is 2.27. The van der Waals surface area contributed by atoms with Gasteiger partial charge in [-0.3, -0.25) is 9.69 Å². The van der Waals surface area contributed by atoms with Crippen LogP contribution in [0.25, 0.3) is 0 Å². The number of ether oxygens (including phenoxy) is 1. The largest absolute Gasteiger partial charge is 0.466 e. The average molecular weight is 303 g/mol. The van der Waals surface area contributed by atoms with E-state index in [1.165, 1.54) is 30.6 Å². The van der Waals surface area contributed by atoms with E-state index >= 15 is 0 Å². The highest BCUT2D eigenvalue weighted by molar-refractivity contribution is 7.15. The van der Waals surface area contributed by atoms with Gasteiger partial charge in [0, 0.05) is 0 Å². The van der Waals surface area contributed by atoms with E-state index in [9.17, 15) is 4.79 Å². The zero-order valence-corrected chi connectivity index (χ0v) is 12.7. The van der Waals surface area contributed by atoms with Gasteiger partial charge in [-0.2, -0.15) is 0 Å². The van der Waals surface area contributed by atoms with Crippen molar-refractivity contribution < 1.29 is 9.53 Å². The summed E-state index contributed by atoms with van der Waals surface area (Å²) in [6.45, 7) is 4.28. The van der Waals surface area contributed by atoms with Crippen molar-refractivity contribution in [3.8, 4) is 0 Å². The van der Waals surface area contributed by atoms with E-state index in [-0.39, 0.29) is 12.0 Å². The summed E-state index contributed by atoms with van der Waals surface area (Å²) in [5.74, 6) is -0.163. The summed E-state index contributed by atoms with van der Waals surface area (Å²) in [5, 5.41) is 0.917. The Labute approximate surface area is 122 Å². The van der Waals surface area contributed by atoms with E-state index in [1.807, 2.05) is 6.92 Å². The first-order chi connectivity index (χ1) is 9.20. The fourth-order valence-electron chi connectivity index (χ4n) is 2.40. The lowest BCUT2D eigenvalue weighted by molar-refractivity contribution is -0.144. The Balaban J connectivity index is 2.10. The van der Waals surface area contributed by atoms with Gasteiger partial charge in [0.1, 0.15) is 9.34 Å². The number of thiazole rings is 1. The van der Waals surface area contributed by atoms with Crippen LogP contribution >= 0.6 is 22.9 Å². The topological polar surface area (TPSA) is 42.4 Å². The van der Waals surface area contributed by atoms with Crippen LogP contribution in [0.4, 0.5) is 0 Å². The minimum Gasteiger partial charge on any atom is -0.466 e. The molecule has 4 nitrogen and oxygen atoms in total. The number of likely N-dealkylation sites (tertiary alicyclic amines) is 1. The van der Waals surface area contributed by atoms with E-state index < -0.39 is 0 Å². The molecule has 19 heavy (non-hydrogen) atoms. The zero-order chi connectivity index (χ0) is 13.7. The predicted octanol–water partition coefficient (Wildman–Crippen LogP) is 3.28. The molecule has 0 radical (unpaired) electrons. The van der Waals surface area contributed by atoms with Gasteiger partial charge in [-0.15, -0.1) is 11.3 Å². The molecule has 1 saturated heterocycles. The molecule has 1 unspecified atom stereocenters. The lowest BCUT2D eigenvalue weighted by Gasteiger charge is -2.32. The van der Waals surface area contributed by atoms with Gasteiger partial charge in [-0.1, -0.05) is 18.0 Å². The molecule has 0 spiro atoms. The number of aromatic nitrogens is 1. The molecular weight excluding hydrogens is 284 g/mol. The van der Waals surface area contributed by atoms with E-state index in [2.05, 4.69) is 9.88 Å². The molecule has 0 bridgehead atoms. The second-order valence-electron chi connectivity index (χ2n) is 4.62. The SMILES string of the molecule is CCOC(=O)CC(c1ncc(Cl)s1)N1CCCCC1. The first kappa shape index (κ1) is 14.8. The van der Waals surface area contributed by atoms with Crippen molar-refractivity contribution in [1.82, 2.24) is 9.88 Å². The molecule has 1 aromatic heterocycles. The number of hydrogen-bond donors (Lipinski definition) is 0. The lowest BCUT2D eigenvalue weighted by atomic mass is 10.1. The normalized spacial score (nSPS) is 18.2. The zero-order valence-electron chi connectivity index (χ0n) is 11.1. The van der Waals surface area contributed by atoms with Gasteiger partial charge in [0.05, 0.1) is 25.3 Å².